The normalized spacial score (nSPS) is 11.1. The summed E-state index contributed by atoms with van der Waals surface area (Å²) in [7, 11) is 0. The molecule has 11 aromatic rings. The van der Waals surface area contributed by atoms with Gasteiger partial charge >= 0.3 is 0 Å². The zero-order valence-corrected chi connectivity index (χ0v) is 33.7. The minimum Gasteiger partial charge on any atom is -0.227 e. The first-order valence-corrected chi connectivity index (χ1v) is 20.8. The lowest BCUT2D eigenvalue weighted by Crippen LogP contribution is -1.95. The van der Waals surface area contributed by atoms with Crippen LogP contribution in [0.2, 0.25) is 0 Å². The Morgan fingerprint density at radius 1 is 0.397 bits per heavy atom. The first-order valence-electron chi connectivity index (χ1n) is 20.0. The van der Waals surface area contributed by atoms with Gasteiger partial charge in [0.05, 0.1) is 15.9 Å². The van der Waals surface area contributed by atoms with Crippen LogP contribution in [-0.4, -0.2) is 9.97 Å². The molecule has 0 aliphatic rings. The van der Waals surface area contributed by atoms with E-state index in [2.05, 4.69) is 189 Å². The molecule has 58 heavy (non-hydrogen) atoms. The molecule has 2 nitrogen and oxygen atoms in total. The van der Waals surface area contributed by atoms with Crippen LogP contribution >= 0.6 is 11.3 Å². The highest BCUT2D eigenvalue weighted by molar-refractivity contribution is 7.26. The van der Waals surface area contributed by atoms with Gasteiger partial charge in [0.1, 0.15) is 0 Å². The second-order valence-electron chi connectivity index (χ2n) is 14.1. The minimum atomic E-state index is 0.730. The van der Waals surface area contributed by atoms with Crippen molar-refractivity contribution in [1.29, 1.82) is 0 Å². The van der Waals surface area contributed by atoms with Crippen molar-refractivity contribution in [1.82, 2.24) is 9.97 Å². The summed E-state index contributed by atoms with van der Waals surface area (Å²) in [6, 6.07) is 65.6. The first-order chi connectivity index (χ1) is 28.7. The summed E-state index contributed by atoms with van der Waals surface area (Å²) in [6.07, 6.45) is 1.75. The monoisotopic (exact) mass is 762 g/mol. The Morgan fingerprint density at radius 3 is 1.48 bits per heavy atom. The summed E-state index contributed by atoms with van der Waals surface area (Å²) in [5, 5.41) is 11.3. The Bertz CT molecular complexity index is 3250. The maximum Gasteiger partial charge on any atom is 0.160 e. The molecule has 0 aliphatic heterocycles. The number of hydrogen-bond donors (Lipinski definition) is 0. The van der Waals surface area contributed by atoms with E-state index in [1.54, 1.807) is 6.08 Å². The number of thiophene rings is 1. The fourth-order valence-electron chi connectivity index (χ4n) is 8.12. The molecule has 278 valence electrons. The van der Waals surface area contributed by atoms with Gasteiger partial charge in [-0.1, -0.05) is 172 Å². The van der Waals surface area contributed by atoms with Gasteiger partial charge in [0, 0.05) is 32.0 Å². The summed E-state index contributed by atoms with van der Waals surface area (Å²) in [4.78, 5) is 10.6. The molecule has 0 aliphatic carbocycles. The lowest BCUT2D eigenvalue weighted by atomic mass is 9.91. The SMILES string of the molecule is C=CC.CC.c1ccc(-c2nc(-c3cccc(-c4cccc(-c5ccc6c7ccccc7c7ccccc7c6c5)c4)c3)nc3c2ccc2c4ccccc4sc23)cc1. The highest BCUT2D eigenvalue weighted by Gasteiger charge is 2.17. The largest absolute Gasteiger partial charge is 0.227 e. The highest BCUT2D eigenvalue weighted by Crippen LogP contribution is 2.41. The molecule has 0 unspecified atom stereocenters. The topological polar surface area (TPSA) is 25.8 Å². The molecule has 0 fully saturated rings. The van der Waals surface area contributed by atoms with Crippen molar-refractivity contribution >= 4 is 74.7 Å². The van der Waals surface area contributed by atoms with E-state index in [0.717, 1.165) is 44.7 Å². The predicted octanol–water partition coefficient (Wildman–Crippen LogP) is 16.3. The number of benzene rings is 9. The van der Waals surface area contributed by atoms with Gasteiger partial charge in [0.15, 0.2) is 5.82 Å². The summed E-state index contributed by atoms with van der Waals surface area (Å²) in [5.41, 5.74) is 8.71. The van der Waals surface area contributed by atoms with E-state index in [0.29, 0.717) is 0 Å². The van der Waals surface area contributed by atoms with Crippen molar-refractivity contribution in [2.75, 3.05) is 0 Å². The Hall–Kier alpha value is -6.94. The molecule has 0 N–H and O–H groups in total. The number of fused-ring (bicyclic) bond motifs is 11. The zero-order chi connectivity index (χ0) is 39.6. The van der Waals surface area contributed by atoms with Gasteiger partial charge in [-0.05, 0) is 91.8 Å². The average Bonchev–Trinajstić information content (AvgIpc) is 3.69. The number of rotatable bonds is 4. The Kier molecular flexibility index (Phi) is 10.1. The van der Waals surface area contributed by atoms with Gasteiger partial charge in [-0.15, -0.1) is 17.9 Å². The fourth-order valence-corrected chi connectivity index (χ4v) is 9.32. The minimum absolute atomic E-state index is 0.730. The number of hydrogen-bond acceptors (Lipinski definition) is 3. The average molecular weight is 763 g/mol. The van der Waals surface area contributed by atoms with E-state index in [-0.39, 0.29) is 0 Å². The highest BCUT2D eigenvalue weighted by atomic mass is 32.1. The smallest absolute Gasteiger partial charge is 0.160 e. The molecule has 0 saturated heterocycles. The standard InChI is InChI=1S/C50H30N2S.C3H6.C2H6/c1-2-12-31(13-3-1)47-44-27-26-43-42-22-8-9-23-46(42)53-49(43)48(44)52-50(51-47)36-17-11-16-34(29-36)32-14-10-15-33(28-32)35-24-25-41-39-20-5-4-18-37(39)38-19-6-7-21-40(38)45(41)30-35;1-3-2;1-2/h1-30H;3H,1H2,2H3;1-2H3. The van der Waals surface area contributed by atoms with Crippen molar-refractivity contribution in [3.63, 3.8) is 0 Å². The number of allylic oxidation sites excluding steroid dienone is 1. The second-order valence-corrected chi connectivity index (χ2v) is 15.2. The summed E-state index contributed by atoms with van der Waals surface area (Å²) in [6.45, 7) is 9.25. The second kappa shape index (κ2) is 15.9. The van der Waals surface area contributed by atoms with Gasteiger partial charge in [0.2, 0.25) is 0 Å². The van der Waals surface area contributed by atoms with E-state index in [1.165, 1.54) is 63.6 Å². The summed E-state index contributed by atoms with van der Waals surface area (Å²) >= 11 is 1.81. The molecular weight excluding hydrogens is 721 g/mol. The van der Waals surface area contributed by atoms with Crippen molar-refractivity contribution in [2.45, 2.75) is 20.8 Å². The van der Waals surface area contributed by atoms with E-state index < -0.39 is 0 Å². The third-order valence-corrected chi connectivity index (χ3v) is 11.8. The molecule has 0 atom stereocenters. The van der Waals surface area contributed by atoms with Gasteiger partial charge in [-0.3, -0.25) is 0 Å². The van der Waals surface area contributed by atoms with Crippen LogP contribution in [0.1, 0.15) is 20.8 Å². The van der Waals surface area contributed by atoms with Crippen molar-refractivity contribution in [3.05, 3.63) is 195 Å². The van der Waals surface area contributed by atoms with Gasteiger partial charge in [-0.25, -0.2) is 9.97 Å². The molecule has 0 bridgehead atoms. The molecular formula is C55H42N2S. The lowest BCUT2D eigenvalue weighted by Gasteiger charge is -2.13. The van der Waals surface area contributed by atoms with Crippen LogP contribution in [0.4, 0.5) is 0 Å². The molecule has 0 amide bonds. The molecule has 0 saturated carbocycles. The lowest BCUT2D eigenvalue weighted by molar-refractivity contribution is 1.23. The van der Waals surface area contributed by atoms with Crippen molar-refractivity contribution in [2.24, 2.45) is 0 Å². The van der Waals surface area contributed by atoms with Crippen LogP contribution in [0, 0.1) is 0 Å². The molecule has 0 radical (unpaired) electrons. The molecule has 11 rings (SSSR count). The third kappa shape index (κ3) is 6.50. The van der Waals surface area contributed by atoms with Crippen LogP contribution in [-0.2, 0) is 0 Å². The van der Waals surface area contributed by atoms with Gasteiger partial charge in [0.25, 0.3) is 0 Å². The van der Waals surface area contributed by atoms with Crippen molar-refractivity contribution < 1.29 is 0 Å². The first kappa shape index (κ1) is 36.7. The molecule has 3 heteroatoms. The van der Waals surface area contributed by atoms with Crippen LogP contribution in [0.25, 0.3) is 108 Å². The van der Waals surface area contributed by atoms with Crippen LogP contribution in [0.3, 0.4) is 0 Å². The summed E-state index contributed by atoms with van der Waals surface area (Å²) in [5.74, 6) is 0.730. The van der Waals surface area contributed by atoms with Gasteiger partial charge in [-0.2, -0.15) is 0 Å². The fraction of sp³-hybridized carbons (Fsp3) is 0.0545. The molecule has 0 spiro atoms. The number of nitrogens with zero attached hydrogens (tertiary/aromatic N) is 2. The molecule has 9 aromatic carbocycles. The third-order valence-electron chi connectivity index (χ3n) is 10.7. The van der Waals surface area contributed by atoms with E-state index in [1.807, 2.05) is 32.1 Å². The quantitative estimate of drug-likeness (QED) is 0.132. The zero-order valence-electron chi connectivity index (χ0n) is 32.9. The van der Waals surface area contributed by atoms with E-state index in [4.69, 9.17) is 9.97 Å². The Labute approximate surface area is 343 Å². The van der Waals surface area contributed by atoms with Gasteiger partial charge < -0.3 is 0 Å². The maximum absolute atomic E-state index is 5.33. The molecule has 2 aromatic heterocycles. The van der Waals surface area contributed by atoms with Crippen LogP contribution in [0.15, 0.2) is 195 Å². The Balaban J connectivity index is 0.000000835. The predicted molar refractivity (Wildman–Crippen MR) is 254 cm³/mol. The maximum atomic E-state index is 5.33. The van der Waals surface area contributed by atoms with E-state index >= 15 is 0 Å². The molecule has 2 heterocycles. The number of aromatic nitrogens is 2. The summed E-state index contributed by atoms with van der Waals surface area (Å²) < 4.78 is 2.47. The Morgan fingerprint density at radius 2 is 0.845 bits per heavy atom. The van der Waals surface area contributed by atoms with Crippen molar-refractivity contribution in [3.8, 4) is 44.9 Å². The van der Waals surface area contributed by atoms with E-state index in [9.17, 15) is 0 Å². The van der Waals surface area contributed by atoms with Crippen LogP contribution in [0.5, 0.6) is 0 Å². The van der Waals surface area contributed by atoms with Crippen LogP contribution < -0.4 is 0 Å².